The molecule has 1 heterocycles. The van der Waals surface area contributed by atoms with Crippen LogP contribution in [0.5, 0.6) is 0 Å². The quantitative estimate of drug-likeness (QED) is 0.739. The number of H-pyrrole nitrogens is 1. The van der Waals surface area contributed by atoms with Crippen LogP contribution < -0.4 is 4.72 Å². The normalized spacial score (nSPS) is 20.5. The second kappa shape index (κ2) is 8.17. The molecule has 1 fully saturated rings. The Morgan fingerprint density at radius 1 is 1.33 bits per heavy atom. The second-order valence-corrected chi connectivity index (χ2v) is 8.61. The van der Waals surface area contributed by atoms with Gasteiger partial charge in [-0.05, 0) is 43.9 Å². The van der Waals surface area contributed by atoms with E-state index in [1.165, 1.54) is 19.2 Å². The summed E-state index contributed by atoms with van der Waals surface area (Å²) in [5.74, 6) is -0.0383. The number of halogens is 1. The maximum atomic E-state index is 13.4. The lowest BCUT2D eigenvalue weighted by atomic mass is 9.84. The fourth-order valence-corrected chi connectivity index (χ4v) is 4.41. The van der Waals surface area contributed by atoms with Gasteiger partial charge >= 0.3 is 0 Å². The van der Waals surface area contributed by atoms with Gasteiger partial charge < -0.3 is 0 Å². The first-order chi connectivity index (χ1) is 12.9. The third kappa shape index (κ3) is 4.71. The van der Waals surface area contributed by atoms with Gasteiger partial charge in [-0.15, -0.1) is 0 Å². The molecule has 1 aliphatic rings. The van der Waals surface area contributed by atoms with E-state index in [1.54, 1.807) is 6.07 Å². The number of aromatic amines is 1. The number of rotatable bonds is 6. The van der Waals surface area contributed by atoms with Crippen molar-refractivity contribution in [3.05, 3.63) is 41.8 Å². The molecule has 1 aliphatic carbocycles. The Kier molecular flexibility index (Phi) is 5.89. The molecule has 0 saturated heterocycles. The number of nitrogens with zero attached hydrogens (tertiary/aromatic N) is 3. The van der Waals surface area contributed by atoms with E-state index in [2.05, 4.69) is 14.9 Å². The second-order valence-electron chi connectivity index (χ2n) is 6.80. The van der Waals surface area contributed by atoms with Crippen LogP contribution in [0.2, 0.25) is 0 Å². The Hall–Kier alpha value is -2.28. The lowest BCUT2D eigenvalue weighted by molar-refractivity contribution is 0.361. The molecule has 1 aromatic carbocycles. The average Bonchev–Trinajstić information content (AvgIpc) is 3.12. The highest BCUT2D eigenvalue weighted by molar-refractivity contribution is 7.87. The molecule has 2 N–H and O–H groups in total. The SMILES string of the molecule is CN(CC#N)S(=O)(=O)NC1CCC(c2cc(-c3cccc(F)c3)n[nH]2)CC1. The summed E-state index contributed by atoms with van der Waals surface area (Å²) >= 11 is 0. The number of nitrogens with one attached hydrogen (secondary N) is 2. The number of hydrogen-bond acceptors (Lipinski definition) is 4. The van der Waals surface area contributed by atoms with E-state index in [0.717, 1.165) is 28.4 Å². The van der Waals surface area contributed by atoms with Gasteiger partial charge in [0.05, 0.1) is 11.8 Å². The van der Waals surface area contributed by atoms with Crippen molar-refractivity contribution >= 4 is 10.2 Å². The van der Waals surface area contributed by atoms with E-state index in [-0.39, 0.29) is 24.3 Å². The predicted octanol–water partition coefficient (Wildman–Crippen LogP) is 2.53. The summed E-state index contributed by atoms with van der Waals surface area (Å²) in [6.45, 7) is -0.179. The third-order valence-corrected chi connectivity index (χ3v) is 6.49. The Balaban J connectivity index is 1.59. The molecule has 27 heavy (non-hydrogen) atoms. The zero-order valence-electron chi connectivity index (χ0n) is 15.0. The van der Waals surface area contributed by atoms with Gasteiger partial charge in [0.25, 0.3) is 10.2 Å². The van der Waals surface area contributed by atoms with Crippen molar-refractivity contribution in [2.75, 3.05) is 13.6 Å². The van der Waals surface area contributed by atoms with Crippen molar-refractivity contribution in [1.29, 1.82) is 5.26 Å². The monoisotopic (exact) mass is 391 g/mol. The summed E-state index contributed by atoms with van der Waals surface area (Å²) in [5.41, 5.74) is 2.40. The standard InChI is InChI=1S/C18H22FN5O2S/c1-24(10-9-20)27(25,26)23-16-7-5-13(6-8-16)17-12-18(22-21-17)14-3-2-4-15(19)11-14/h2-4,11-13,16,23H,5-8,10H2,1H3,(H,21,22). The van der Waals surface area contributed by atoms with Crippen LogP contribution in [0.1, 0.15) is 37.3 Å². The van der Waals surface area contributed by atoms with E-state index < -0.39 is 10.2 Å². The van der Waals surface area contributed by atoms with Crippen molar-refractivity contribution in [3.63, 3.8) is 0 Å². The molecule has 7 nitrogen and oxygen atoms in total. The molecule has 1 aromatic heterocycles. The van der Waals surface area contributed by atoms with Gasteiger partial charge in [0, 0.05) is 30.3 Å². The predicted molar refractivity (Wildman–Crippen MR) is 99.3 cm³/mol. The number of aromatic nitrogens is 2. The van der Waals surface area contributed by atoms with Crippen LogP contribution in [0.15, 0.2) is 30.3 Å². The van der Waals surface area contributed by atoms with E-state index in [0.29, 0.717) is 18.5 Å². The topological polar surface area (TPSA) is 102 Å². The summed E-state index contributed by atoms with van der Waals surface area (Å²) in [6, 6.07) is 9.93. The Morgan fingerprint density at radius 2 is 2.07 bits per heavy atom. The highest BCUT2D eigenvalue weighted by atomic mass is 32.2. The maximum absolute atomic E-state index is 13.4. The molecule has 0 unspecified atom stereocenters. The molecule has 144 valence electrons. The number of benzene rings is 1. The number of hydrogen-bond donors (Lipinski definition) is 2. The van der Waals surface area contributed by atoms with Crippen molar-refractivity contribution in [3.8, 4) is 17.3 Å². The van der Waals surface area contributed by atoms with Gasteiger partial charge in [-0.3, -0.25) is 5.10 Å². The van der Waals surface area contributed by atoms with Gasteiger partial charge in [-0.2, -0.15) is 27.8 Å². The van der Waals surface area contributed by atoms with E-state index in [1.807, 2.05) is 18.2 Å². The van der Waals surface area contributed by atoms with E-state index in [9.17, 15) is 12.8 Å². The van der Waals surface area contributed by atoms with Gasteiger partial charge in [0.15, 0.2) is 0 Å². The molecular formula is C18H22FN5O2S. The van der Waals surface area contributed by atoms with Crippen molar-refractivity contribution < 1.29 is 12.8 Å². The van der Waals surface area contributed by atoms with Crippen molar-refractivity contribution in [1.82, 2.24) is 19.2 Å². The molecule has 0 aliphatic heterocycles. The molecule has 1 saturated carbocycles. The zero-order chi connectivity index (χ0) is 19.4. The smallest absolute Gasteiger partial charge is 0.280 e. The minimum Gasteiger partial charge on any atom is -0.282 e. The van der Waals surface area contributed by atoms with Crippen LogP contribution in [-0.2, 0) is 10.2 Å². The highest BCUT2D eigenvalue weighted by Gasteiger charge is 2.28. The molecule has 0 amide bonds. The van der Waals surface area contributed by atoms with Crippen LogP contribution in [0, 0.1) is 17.1 Å². The summed E-state index contributed by atoms with van der Waals surface area (Å²) in [7, 11) is -2.25. The van der Waals surface area contributed by atoms with Crippen LogP contribution in [-0.4, -0.2) is 42.6 Å². The van der Waals surface area contributed by atoms with Crippen LogP contribution in [0.4, 0.5) is 4.39 Å². The fourth-order valence-electron chi connectivity index (χ4n) is 3.35. The minimum absolute atomic E-state index is 0.141. The molecule has 0 radical (unpaired) electrons. The number of nitriles is 1. The van der Waals surface area contributed by atoms with Gasteiger partial charge in [-0.25, -0.2) is 4.39 Å². The summed E-state index contributed by atoms with van der Waals surface area (Å²) in [5, 5.41) is 16.0. The zero-order valence-corrected chi connectivity index (χ0v) is 15.8. The van der Waals surface area contributed by atoms with Crippen molar-refractivity contribution in [2.45, 2.75) is 37.6 Å². The molecule has 0 atom stereocenters. The molecular weight excluding hydrogens is 369 g/mol. The first kappa shape index (κ1) is 19.5. The largest absolute Gasteiger partial charge is 0.282 e. The summed E-state index contributed by atoms with van der Waals surface area (Å²) < 4.78 is 41.4. The summed E-state index contributed by atoms with van der Waals surface area (Å²) in [6.07, 6.45) is 3.05. The lowest BCUT2D eigenvalue weighted by Gasteiger charge is -2.29. The lowest BCUT2D eigenvalue weighted by Crippen LogP contribution is -2.44. The first-order valence-electron chi connectivity index (χ1n) is 8.81. The summed E-state index contributed by atoms with van der Waals surface area (Å²) in [4.78, 5) is 0. The molecule has 2 aromatic rings. The van der Waals surface area contributed by atoms with E-state index >= 15 is 0 Å². The fraction of sp³-hybridized carbons (Fsp3) is 0.444. The average molecular weight is 391 g/mol. The Bertz CT molecular complexity index is 929. The van der Waals surface area contributed by atoms with Crippen molar-refractivity contribution in [2.24, 2.45) is 0 Å². The molecule has 3 rings (SSSR count). The molecule has 9 heteroatoms. The highest BCUT2D eigenvalue weighted by Crippen LogP contribution is 2.33. The maximum Gasteiger partial charge on any atom is 0.280 e. The minimum atomic E-state index is -3.64. The molecule has 0 bridgehead atoms. The Morgan fingerprint density at radius 3 is 2.74 bits per heavy atom. The van der Waals surface area contributed by atoms with Crippen LogP contribution in [0.3, 0.4) is 0 Å². The molecule has 0 spiro atoms. The van der Waals surface area contributed by atoms with Crippen LogP contribution >= 0.6 is 0 Å². The third-order valence-electron chi connectivity index (χ3n) is 4.90. The Labute approximate surface area is 158 Å². The van der Waals surface area contributed by atoms with Gasteiger partial charge in [0.2, 0.25) is 0 Å². The van der Waals surface area contributed by atoms with E-state index in [4.69, 9.17) is 5.26 Å². The van der Waals surface area contributed by atoms with Gasteiger partial charge in [-0.1, -0.05) is 12.1 Å². The van der Waals surface area contributed by atoms with Crippen LogP contribution in [0.25, 0.3) is 11.3 Å². The first-order valence-corrected chi connectivity index (χ1v) is 10.2. The van der Waals surface area contributed by atoms with Gasteiger partial charge in [0.1, 0.15) is 12.4 Å².